The maximum absolute atomic E-state index is 6.07. The first-order chi connectivity index (χ1) is 7.13. The van der Waals surface area contributed by atoms with E-state index >= 15 is 0 Å². The summed E-state index contributed by atoms with van der Waals surface area (Å²) in [6.45, 7) is 5.44. The molecular formula is C12H17BrClN. The largest absolute Gasteiger partial charge is 0.384 e. The Morgan fingerprint density at radius 3 is 2.87 bits per heavy atom. The second-order valence-electron chi connectivity index (χ2n) is 3.90. The van der Waals surface area contributed by atoms with Gasteiger partial charge in [-0.05, 0) is 30.5 Å². The highest BCUT2D eigenvalue weighted by molar-refractivity contribution is 9.10. The van der Waals surface area contributed by atoms with Crippen molar-refractivity contribution in [3.63, 3.8) is 0 Å². The van der Waals surface area contributed by atoms with Crippen LogP contribution >= 0.6 is 27.5 Å². The lowest BCUT2D eigenvalue weighted by Crippen LogP contribution is -2.11. The summed E-state index contributed by atoms with van der Waals surface area (Å²) in [6, 6.07) is 5.86. The molecule has 0 bridgehead atoms. The second-order valence-corrected chi connectivity index (χ2v) is 5.22. The van der Waals surface area contributed by atoms with Crippen molar-refractivity contribution >= 4 is 33.2 Å². The molecule has 0 aromatic heterocycles. The minimum absolute atomic E-state index is 0.685. The maximum Gasteiger partial charge on any atom is 0.0638 e. The summed E-state index contributed by atoms with van der Waals surface area (Å²) in [4.78, 5) is 0. The van der Waals surface area contributed by atoms with E-state index in [9.17, 15) is 0 Å². The smallest absolute Gasteiger partial charge is 0.0638 e. The fourth-order valence-electron chi connectivity index (χ4n) is 1.51. The first-order valence-electron chi connectivity index (χ1n) is 5.32. The maximum atomic E-state index is 6.07. The predicted octanol–water partition coefficient (Wildman–Crippen LogP) is 4.95. The lowest BCUT2D eigenvalue weighted by molar-refractivity contribution is 0.551. The molecule has 0 saturated carbocycles. The van der Waals surface area contributed by atoms with Gasteiger partial charge in [0.2, 0.25) is 0 Å². The Morgan fingerprint density at radius 2 is 2.20 bits per heavy atom. The molecule has 0 spiro atoms. The van der Waals surface area contributed by atoms with Crippen molar-refractivity contribution in [2.75, 3.05) is 11.9 Å². The van der Waals surface area contributed by atoms with Gasteiger partial charge >= 0.3 is 0 Å². The summed E-state index contributed by atoms with van der Waals surface area (Å²) in [5.41, 5.74) is 1.01. The summed E-state index contributed by atoms with van der Waals surface area (Å²) in [6.07, 6.45) is 2.48. The van der Waals surface area contributed by atoms with Crippen molar-refractivity contribution in [1.82, 2.24) is 0 Å². The molecular weight excluding hydrogens is 273 g/mol. The molecule has 0 aliphatic rings. The van der Waals surface area contributed by atoms with Gasteiger partial charge in [0.25, 0.3) is 0 Å². The molecule has 0 saturated heterocycles. The van der Waals surface area contributed by atoms with Crippen LogP contribution in [0.5, 0.6) is 0 Å². The molecule has 1 aromatic rings. The lowest BCUT2D eigenvalue weighted by Gasteiger charge is -2.13. The van der Waals surface area contributed by atoms with Crippen LogP contribution in [0.1, 0.15) is 26.7 Å². The van der Waals surface area contributed by atoms with Crippen molar-refractivity contribution in [3.05, 3.63) is 27.7 Å². The molecule has 1 N–H and O–H groups in total. The highest BCUT2D eigenvalue weighted by Gasteiger charge is 2.03. The minimum atomic E-state index is 0.685. The van der Waals surface area contributed by atoms with E-state index < -0.39 is 0 Å². The molecule has 0 aliphatic heterocycles. The van der Waals surface area contributed by atoms with Gasteiger partial charge in [-0.1, -0.05) is 47.8 Å². The minimum Gasteiger partial charge on any atom is -0.384 e. The van der Waals surface area contributed by atoms with Crippen molar-refractivity contribution < 1.29 is 0 Å². The fourth-order valence-corrected chi connectivity index (χ4v) is 2.06. The Morgan fingerprint density at radius 1 is 1.47 bits per heavy atom. The van der Waals surface area contributed by atoms with Gasteiger partial charge in [-0.2, -0.15) is 0 Å². The summed E-state index contributed by atoms with van der Waals surface area (Å²) in [7, 11) is 0. The van der Waals surface area contributed by atoms with Crippen LogP contribution in [0.3, 0.4) is 0 Å². The molecule has 1 unspecified atom stereocenters. The van der Waals surface area contributed by atoms with Crippen LogP contribution in [0.2, 0.25) is 5.02 Å². The molecule has 0 radical (unpaired) electrons. The molecule has 1 aromatic carbocycles. The van der Waals surface area contributed by atoms with E-state index in [0.29, 0.717) is 5.92 Å². The molecule has 3 heteroatoms. The van der Waals surface area contributed by atoms with E-state index in [1.807, 2.05) is 18.2 Å². The first-order valence-corrected chi connectivity index (χ1v) is 6.49. The quantitative estimate of drug-likeness (QED) is 0.809. The third kappa shape index (κ3) is 4.43. The first kappa shape index (κ1) is 12.9. The third-order valence-electron chi connectivity index (χ3n) is 2.35. The third-order valence-corrected chi connectivity index (χ3v) is 3.17. The average molecular weight is 291 g/mol. The Hall–Kier alpha value is -0.210. The van der Waals surface area contributed by atoms with Gasteiger partial charge in [-0.3, -0.25) is 0 Å². The predicted molar refractivity (Wildman–Crippen MR) is 71.7 cm³/mol. The van der Waals surface area contributed by atoms with Crippen LogP contribution in [-0.4, -0.2) is 6.54 Å². The molecule has 1 rings (SSSR count). The zero-order chi connectivity index (χ0) is 11.3. The fraction of sp³-hybridized carbons (Fsp3) is 0.500. The van der Waals surface area contributed by atoms with E-state index in [4.69, 9.17) is 11.6 Å². The Balaban J connectivity index is 2.53. The Bertz CT molecular complexity index is 314. The van der Waals surface area contributed by atoms with E-state index in [0.717, 1.165) is 21.7 Å². The number of hydrogen-bond acceptors (Lipinski definition) is 1. The van der Waals surface area contributed by atoms with Crippen molar-refractivity contribution in [3.8, 4) is 0 Å². The molecule has 0 amide bonds. The van der Waals surface area contributed by atoms with Crippen molar-refractivity contribution in [2.45, 2.75) is 26.7 Å². The highest BCUT2D eigenvalue weighted by Crippen LogP contribution is 2.25. The van der Waals surface area contributed by atoms with Gasteiger partial charge in [0.1, 0.15) is 0 Å². The van der Waals surface area contributed by atoms with Gasteiger partial charge in [-0.15, -0.1) is 0 Å². The van der Waals surface area contributed by atoms with Crippen molar-refractivity contribution in [2.24, 2.45) is 5.92 Å². The van der Waals surface area contributed by atoms with E-state index in [2.05, 4.69) is 35.1 Å². The van der Waals surface area contributed by atoms with Crippen LogP contribution in [0.15, 0.2) is 22.7 Å². The monoisotopic (exact) mass is 289 g/mol. The van der Waals surface area contributed by atoms with Crippen LogP contribution in [0.4, 0.5) is 5.69 Å². The van der Waals surface area contributed by atoms with Crippen LogP contribution in [0, 0.1) is 5.92 Å². The summed E-state index contributed by atoms with van der Waals surface area (Å²) in [5.74, 6) is 0.685. The van der Waals surface area contributed by atoms with Crippen LogP contribution in [0.25, 0.3) is 0 Å². The number of halogens is 2. The zero-order valence-corrected chi connectivity index (χ0v) is 11.5. The van der Waals surface area contributed by atoms with Crippen LogP contribution in [-0.2, 0) is 0 Å². The van der Waals surface area contributed by atoms with Crippen molar-refractivity contribution in [1.29, 1.82) is 0 Å². The van der Waals surface area contributed by atoms with E-state index in [1.165, 1.54) is 12.8 Å². The molecule has 84 valence electrons. The molecule has 0 fully saturated rings. The summed E-state index contributed by atoms with van der Waals surface area (Å²) < 4.78 is 1.05. The normalized spacial score (nSPS) is 12.5. The molecule has 0 aliphatic carbocycles. The Labute approximate surface area is 105 Å². The molecule has 1 nitrogen and oxygen atoms in total. The summed E-state index contributed by atoms with van der Waals surface area (Å²) in [5, 5.41) is 4.16. The average Bonchev–Trinajstić information content (AvgIpc) is 2.20. The second kappa shape index (κ2) is 6.39. The Kier molecular flexibility index (Phi) is 5.48. The molecule has 0 heterocycles. The number of benzene rings is 1. The van der Waals surface area contributed by atoms with Crippen LogP contribution < -0.4 is 5.32 Å². The van der Waals surface area contributed by atoms with Gasteiger partial charge in [0.15, 0.2) is 0 Å². The number of rotatable bonds is 5. The number of nitrogens with one attached hydrogen (secondary N) is 1. The molecule has 15 heavy (non-hydrogen) atoms. The number of anilines is 1. The number of hydrogen-bond donors (Lipinski definition) is 1. The lowest BCUT2D eigenvalue weighted by atomic mass is 10.1. The van der Waals surface area contributed by atoms with E-state index in [-0.39, 0.29) is 0 Å². The van der Waals surface area contributed by atoms with Gasteiger partial charge in [0, 0.05) is 11.0 Å². The van der Waals surface area contributed by atoms with Gasteiger partial charge in [-0.25, -0.2) is 0 Å². The van der Waals surface area contributed by atoms with Gasteiger partial charge in [0.05, 0.1) is 10.7 Å². The standard InChI is InChI=1S/C12H17BrClN/c1-3-4-9(2)8-15-12-7-10(13)5-6-11(12)14/h5-7,9,15H,3-4,8H2,1-2H3. The van der Waals surface area contributed by atoms with Gasteiger partial charge < -0.3 is 5.32 Å². The zero-order valence-electron chi connectivity index (χ0n) is 9.19. The topological polar surface area (TPSA) is 12.0 Å². The summed E-state index contributed by atoms with van der Waals surface area (Å²) >= 11 is 9.51. The molecule has 1 atom stereocenters. The van der Waals surface area contributed by atoms with E-state index in [1.54, 1.807) is 0 Å². The SMILES string of the molecule is CCCC(C)CNc1cc(Br)ccc1Cl. The highest BCUT2D eigenvalue weighted by atomic mass is 79.9.